The molecular weight excluding hydrogens is 721 g/mol. The molecule has 6 aromatic carbocycles. The summed E-state index contributed by atoms with van der Waals surface area (Å²) in [4.78, 5) is 0. The van der Waals surface area contributed by atoms with Gasteiger partial charge in [-0.3, -0.25) is 0 Å². The van der Waals surface area contributed by atoms with Crippen molar-refractivity contribution in [1.29, 1.82) is 0 Å². The van der Waals surface area contributed by atoms with Crippen LogP contribution in [0.2, 0.25) is 0 Å². The molecule has 0 aliphatic heterocycles. The number of aromatic nitrogens is 4. The van der Waals surface area contributed by atoms with Gasteiger partial charge in [-0.25, -0.2) is 0 Å². The van der Waals surface area contributed by atoms with E-state index < -0.39 is 0 Å². The van der Waals surface area contributed by atoms with E-state index in [-0.39, 0.29) is 0 Å². The van der Waals surface area contributed by atoms with Crippen LogP contribution in [0.25, 0.3) is 95.0 Å². The number of hydrogen-bond donors (Lipinski definition) is 0. The molecule has 0 saturated carbocycles. The first-order valence-electron chi connectivity index (χ1n) is 20.4. The molecule has 0 atom stereocenters. The second kappa shape index (κ2) is 16.9. The quantitative estimate of drug-likeness (QED) is 0.0920. The van der Waals surface area contributed by atoms with Crippen molar-refractivity contribution in [3.05, 3.63) is 174 Å². The van der Waals surface area contributed by atoms with Crippen LogP contribution in [-0.4, -0.2) is 19.3 Å². The molecule has 0 unspecified atom stereocenters. The van der Waals surface area contributed by atoms with Gasteiger partial charge in [0.05, 0.1) is 17.2 Å². The maximum Gasteiger partial charge on any atom is 0.248 e. The fourth-order valence-corrected chi connectivity index (χ4v) is 8.21. The van der Waals surface area contributed by atoms with Gasteiger partial charge in [0.2, 0.25) is 11.8 Å². The van der Waals surface area contributed by atoms with E-state index in [9.17, 15) is 0 Å². The summed E-state index contributed by atoms with van der Waals surface area (Å²) in [5.74, 6) is 0.959. The molecule has 9 aromatic rings. The number of fused-ring (bicyclic) bond motifs is 6. The van der Waals surface area contributed by atoms with Crippen LogP contribution in [-0.2, 0) is 6.54 Å². The highest BCUT2D eigenvalue weighted by atomic mass is 16.4. The molecular formula is C54H42N4O. The van der Waals surface area contributed by atoms with Gasteiger partial charge in [-0.2, -0.15) is 0 Å². The van der Waals surface area contributed by atoms with E-state index >= 15 is 0 Å². The summed E-state index contributed by atoms with van der Waals surface area (Å²) in [6, 6.07) is 47.3. The van der Waals surface area contributed by atoms with Crippen LogP contribution < -0.4 is 0 Å². The second-order valence-corrected chi connectivity index (χ2v) is 14.8. The predicted octanol–water partition coefficient (Wildman–Crippen LogP) is 14.3. The Morgan fingerprint density at radius 1 is 0.508 bits per heavy atom. The lowest BCUT2D eigenvalue weighted by Gasteiger charge is -2.11. The van der Waals surface area contributed by atoms with Gasteiger partial charge in [-0.05, 0) is 131 Å². The Labute approximate surface area is 343 Å². The van der Waals surface area contributed by atoms with E-state index in [2.05, 4.69) is 170 Å². The van der Waals surface area contributed by atoms with Gasteiger partial charge >= 0.3 is 0 Å². The first kappa shape index (κ1) is 37.1. The Morgan fingerprint density at radius 2 is 1.07 bits per heavy atom. The summed E-state index contributed by atoms with van der Waals surface area (Å²) >= 11 is 0. The van der Waals surface area contributed by atoms with Crippen molar-refractivity contribution in [3.63, 3.8) is 0 Å². The van der Waals surface area contributed by atoms with Crippen molar-refractivity contribution in [2.24, 2.45) is 0 Å². The zero-order valence-corrected chi connectivity index (χ0v) is 33.1. The number of aryl methyl sites for hydroxylation is 1. The molecule has 0 spiro atoms. The van der Waals surface area contributed by atoms with Crippen molar-refractivity contribution >= 4 is 49.8 Å². The van der Waals surface area contributed by atoms with Gasteiger partial charge in [0.1, 0.15) is 0 Å². The summed E-state index contributed by atoms with van der Waals surface area (Å²) in [6.45, 7) is 6.78. The van der Waals surface area contributed by atoms with Crippen LogP contribution >= 0.6 is 0 Å². The highest BCUT2D eigenvalue weighted by Gasteiger charge is 2.17. The molecule has 0 saturated heterocycles. The number of nitrogens with zero attached hydrogens (tertiary/aromatic N) is 4. The van der Waals surface area contributed by atoms with E-state index in [1.165, 1.54) is 60.3 Å². The summed E-state index contributed by atoms with van der Waals surface area (Å²) in [7, 11) is 0. The van der Waals surface area contributed by atoms with Crippen molar-refractivity contribution in [2.45, 2.75) is 52.0 Å². The lowest BCUT2D eigenvalue weighted by atomic mass is 9.94. The van der Waals surface area contributed by atoms with Crippen LogP contribution in [0.15, 0.2) is 179 Å². The molecule has 0 fully saturated rings. The molecule has 0 aliphatic carbocycles. The second-order valence-electron chi connectivity index (χ2n) is 14.8. The largest absolute Gasteiger partial charge is 0.416 e. The van der Waals surface area contributed by atoms with Crippen molar-refractivity contribution < 1.29 is 4.42 Å². The Balaban J connectivity index is 1.18. The van der Waals surface area contributed by atoms with Gasteiger partial charge in [0.15, 0.2) is 0 Å². The van der Waals surface area contributed by atoms with E-state index in [1.54, 1.807) is 0 Å². The molecule has 0 bridgehead atoms. The van der Waals surface area contributed by atoms with Crippen LogP contribution in [0.3, 0.4) is 0 Å². The lowest BCUT2D eigenvalue weighted by molar-refractivity contribution is 0.571. The minimum absolute atomic E-state index is 0.471. The Bertz CT molecular complexity index is 3250. The lowest BCUT2D eigenvalue weighted by Crippen LogP contribution is -1.97. The molecule has 0 aliphatic rings. The minimum atomic E-state index is 0.471. The molecule has 0 amide bonds. The van der Waals surface area contributed by atoms with Crippen molar-refractivity contribution in [2.75, 3.05) is 0 Å². The number of rotatable bonds is 12. The summed E-state index contributed by atoms with van der Waals surface area (Å²) < 4.78 is 11.0. The molecule has 3 heterocycles. The number of benzene rings is 6. The number of unbranched alkanes of at least 4 members (excludes halogenated alkanes) is 5. The third-order valence-corrected chi connectivity index (χ3v) is 11.1. The van der Waals surface area contributed by atoms with E-state index in [4.69, 9.17) is 4.42 Å². The SMILES string of the molecule is C=C=C=C=C=C=C=Cn1c2ccccc2c2cc(-c3cc(-c4ccc5c(c4)c4ccccc4n5CCCCCCCC)cc(-c4nnc(-c5ccccc5)o4)c3)ccc21. The fraction of sp³-hybridized carbons (Fsp3) is 0.148. The normalized spacial score (nSPS) is 10.9. The number of para-hydroxylation sites is 2. The third-order valence-electron chi connectivity index (χ3n) is 11.1. The molecule has 0 radical (unpaired) electrons. The highest BCUT2D eigenvalue weighted by Crippen LogP contribution is 2.39. The van der Waals surface area contributed by atoms with Gasteiger partial charge in [-0.15, -0.1) is 10.2 Å². The maximum atomic E-state index is 6.37. The van der Waals surface area contributed by atoms with Gasteiger partial charge in [0.25, 0.3) is 0 Å². The number of hydrogen-bond acceptors (Lipinski definition) is 3. The molecule has 9 rings (SSSR count). The van der Waals surface area contributed by atoms with Crippen LogP contribution in [0.1, 0.15) is 45.4 Å². The summed E-state index contributed by atoms with van der Waals surface area (Å²) in [5, 5.41) is 13.8. The summed E-state index contributed by atoms with van der Waals surface area (Å²) in [6.07, 6.45) is 9.51. The first-order chi connectivity index (χ1) is 29.2. The van der Waals surface area contributed by atoms with Crippen molar-refractivity contribution in [3.8, 4) is 45.2 Å². The third kappa shape index (κ3) is 7.54. The fourth-order valence-electron chi connectivity index (χ4n) is 8.21. The highest BCUT2D eigenvalue weighted by molar-refractivity contribution is 6.11. The average Bonchev–Trinajstić information content (AvgIpc) is 3.99. The predicted molar refractivity (Wildman–Crippen MR) is 243 cm³/mol. The molecule has 59 heavy (non-hydrogen) atoms. The topological polar surface area (TPSA) is 48.8 Å². The van der Waals surface area contributed by atoms with Crippen LogP contribution in [0, 0.1) is 0 Å². The molecule has 284 valence electrons. The molecule has 5 heteroatoms. The Morgan fingerprint density at radius 3 is 1.81 bits per heavy atom. The standard InChI is InChI=1S/C54H42N4O/c1-3-5-7-9-11-20-32-57-49-26-18-16-24-45(49)47-37-40(28-30-51(47)57)42-34-43(36-44(35-42)54-56-55-53(59-54)39-22-14-13-15-23-39)41-29-31-52-48(38-41)46-25-17-19-27-50(46)58(52)33-21-12-10-8-6-4-2/h13-19,22-32,34-38H,1,4,6,8,10,12,21,33H2,2H3. The average molecular weight is 763 g/mol. The molecule has 3 aromatic heterocycles. The first-order valence-corrected chi connectivity index (χ1v) is 20.4. The van der Waals surface area contributed by atoms with Gasteiger partial charge in [-0.1, -0.05) is 111 Å². The van der Waals surface area contributed by atoms with Gasteiger partial charge < -0.3 is 13.6 Å². The van der Waals surface area contributed by atoms with E-state index in [0.717, 1.165) is 61.7 Å². The van der Waals surface area contributed by atoms with E-state index in [1.807, 2.05) is 36.5 Å². The van der Waals surface area contributed by atoms with Crippen LogP contribution in [0.4, 0.5) is 0 Å². The molecule has 5 nitrogen and oxygen atoms in total. The van der Waals surface area contributed by atoms with Gasteiger partial charge in [0, 0.05) is 50.2 Å². The Hall–Kier alpha value is -7.52. The minimum Gasteiger partial charge on any atom is -0.416 e. The van der Waals surface area contributed by atoms with E-state index in [0.29, 0.717) is 11.8 Å². The zero-order chi connectivity index (χ0) is 40.0. The summed E-state index contributed by atoms with van der Waals surface area (Å²) in [5.41, 5.74) is 27.3. The monoisotopic (exact) mass is 762 g/mol. The Kier molecular flexibility index (Phi) is 10.6. The zero-order valence-electron chi connectivity index (χ0n) is 33.1. The maximum absolute atomic E-state index is 6.37. The molecule has 0 N–H and O–H groups in total. The van der Waals surface area contributed by atoms with Crippen molar-refractivity contribution in [1.82, 2.24) is 19.3 Å². The smallest absolute Gasteiger partial charge is 0.248 e. The van der Waals surface area contributed by atoms with Crippen LogP contribution in [0.5, 0.6) is 0 Å².